The number of esters is 1. The van der Waals surface area contributed by atoms with Crippen LogP contribution in [0.2, 0.25) is 0 Å². The Bertz CT molecular complexity index is 331. The van der Waals surface area contributed by atoms with Crippen LogP contribution in [0.3, 0.4) is 0 Å². The van der Waals surface area contributed by atoms with Crippen molar-refractivity contribution in [3.05, 3.63) is 0 Å². The normalized spacial score (nSPS) is 39.8. The third kappa shape index (κ3) is 3.18. The highest BCUT2D eigenvalue weighted by Crippen LogP contribution is 2.61. The van der Waals surface area contributed by atoms with Crippen molar-refractivity contribution in [2.24, 2.45) is 23.2 Å². The summed E-state index contributed by atoms with van der Waals surface area (Å²) in [5, 5.41) is 0.399. The summed E-state index contributed by atoms with van der Waals surface area (Å²) in [4.78, 5) is 11.3. The van der Waals surface area contributed by atoms with Gasteiger partial charge in [-0.25, -0.2) is 0 Å². The molecule has 4 aliphatic carbocycles. The van der Waals surface area contributed by atoms with Crippen molar-refractivity contribution in [2.75, 3.05) is 12.9 Å². The lowest BCUT2D eigenvalue weighted by Crippen LogP contribution is -2.46. The number of thioether (sulfide) groups is 1. The second-order valence-electron chi connectivity index (χ2n) is 7.63. The molecular weight excluding hydrogens is 268 g/mol. The molecule has 4 fully saturated rings. The number of carbonyl (C=O) groups excluding carboxylic acids is 1. The first-order chi connectivity index (χ1) is 9.58. The van der Waals surface area contributed by atoms with Crippen LogP contribution in [0.1, 0.15) is 58.3 Å². The molecule has 0 aliphatic heterocycles. The zero-order valence-electron chi connectivity index (χ0n) is 12.9. The van der Waals surface area contributed by atoms with Crippen LogP contribution in [-0.4, -0.2) is 24.1 Å². The van der Waals surface area contributed by atoms with Gasteiger partial charge in [0.05, 0.1) is 13.5 Å². The van der Waals surface area contributed by atoms with Crippen molar-refractivity contribution >= 4 is 17.7 Å². The highest BCUT2D eigenvalue weighted by atomic mass is 32.2. The minimum absolute atomic E-state index is 0.0696. The number of ether oxygens (including phenoxy) is 1. The molecule has 0 N–H and O–H groups in total. The van der Waals surface area contributed by atoms with Crippen LogP contribution in [0.15, 0.2) is 0 Å². The fourth-order valence-corrected chi connectivity index (χ4v) is 6.66. The standard InChI is InChI=1S/C17H28O2S/c1-12(5-16(18)19-2)20-4-3-17-9-13-6-14(10-17)8-15(7-13)11-17/h12-15H,3-11H2,1-2H3. The van der Waals surface area contributed by atoms with Gasteiger partial charge in [-0.2, -0.15) is 11.8 Å². The minimum Gasteiger partial charge on any atom is -0.469 e. The lowest BCUT2D eigenvalue weighted by molar-refractivity contribution is -0.140. The molecule has 20 heavy (non-hydrogen) atoms. The Labute approximate surface area is 127 Å². The summed E-state index contributed by atoms with van der Waals surface area (Å²) in [7, 11) is 1.48. The molecule has 0 radical (unpaired) electrons. The number of rotatable bonds is 6. The van der Waals surface area contributed by atoms with E-state index in [1.807, 2.05) is 11.8 Å². The van der Waals surface area contributed by atoms with Gasteiger partial charge in [0.1, 0.15) is 0 Å². The Hall–Kier alpha value is -0.180. The van der Waals surface area contributed by atoms with Gasteiger partial charge in [-0.1, -0.05) is 6.92 Å². The van der Waals surface area contributed by atoms with Gasteiger partial charge in [-0.05, 0) is 73.9 Å². The van der Waals surface area contributed by atoms with Crippen LogP contribution in [0, 0.1) is 23.2 Å². The first-order valence-electron chi connectivity index (χ1n) is 8.27. The summed E-state index contributed by atoms with van der Waals surface area (Å²) in [6.07, 6.45) is 11.1. The van der Waals surface area contributed by atoms with Gasteiger partial charge >= 0.3 is 5.97 Å². The maximum atomic E-state index is 11.3. The van der Waals surface area contributed by atoms with Crippen LogP contribution >= 0.6 is 11.8 Å². The van der Waals surface area contributed by atoms with Gasteiger partial charge in [0.15, 0.2) is 0 Å². The molecule has 3 heteroatoms. The summed E-state index contributed by atoms with van der Waals surface area (Å²) in [6.45, 7) is 2.15. The zero-order chi connectivity index (χ0) is 14.2. The second-order valence-corrected chi connectivity index (χ2v) is 9.18. The van der Waals surface area contributed by atoms with Crippen LogP contribution in [0.5, 0.6) is 0 Å². The Balaban J connectivity index is 1.45. The number of carbonyl (C=O) groups is 1. The summed E-state index contributed by atoms with van der Waals surface area (Å²) in [6, 6.07) is 0. The Morgan fingerprint density at radius 3 is 2.25 bits per heavy atom. The number of hydrogen-bond donors (Lipinski definition) is 0. The van der Waals surface area contributed by atoms with Gasteiger partial charge < -0.3 is 4.74 Å². The Morgan fingerprint density at radius 1 is 1.20 bits per heavy atom. The first kappa shape index (κ1) is 14.7. The summed E-state index contributed by atoms with van der Waals surface area (Å²) < 4.78 is 4.75. The summed E-state index contributed by atoms with van der Waals surface area (Å²) in [5.74, 6) is 4.32. The monoisotopic (exact) mass is 296 g/mol. The lowest BCUT2D eigenvalue weighted by atomic mass is 9.49. The molecule has 2 nitrogen and oxygen atoms in total. The van der Waals surface area contributed by atoms with Crippen molar-refractivity contribution in [2.45, 2.75) is 63.5 Å². The summed E-state index contributed by atoms with van der Waals surface area (Å²) in [5.41, 5.74) is 0.687. The van der Waals surface area contributed by atoms with Crippen LogP contribution < -0.4 is 0 Å². The minimum atomic E-state index is -0.0696. The van der Waals surface area contributed by atoms with E-state index in [9.17, 15) is 4.79 Å². The first-order valence-corrected chi connectivity index (χ1v) is 9.32. The molecular formula is C17H28O2S. The van der Waals surface area contributed by atoms with E-state index in [-0.39, 0.29) is 5.97 Å². The van der Waals surface area contributed by atoms with E-state index in [0.717, 1.165) is 17.8 Å². The van der Waals surface area contributed by atoms with Crippen LogP contribution in [0.25, 0.3) is 0 Å². The molecule has 4 bridgehead atoms. The molecule has 0 heterocycles. The smallest absolute Gasteiger partial charge is 0.306 e. The van der Waals surface area contributed by atoms with Gasteiger partial charge in [0.25, 0.3) is 0 Å². The fraction of sp³-hybridized carbons (Fsp3) is 0.941. The molecule has 0 spiro atoms. The van der Waals surface area contributed by atoms with Gasteiger partial charge in [0.2, 0.25) is 0 Å². The van der Waals surface area contributed by atoms with E-state index in [2.05, 4.69) is 6.92 Å². The molecule has 0 aromatic rings. The second kappa shape index (κ2) is 5.90. The topological polar surface area (TPSA) is 26.3 Å². The van der Waals surface area contributed by atoms with E-state index < -0.39 is 0 Å². The average Bonchev–Trinajstić information content (AvgIpc) is 2.36. The quantitative estimate of drug-likeness (QED) is 0.684. The summed E-state index contributed by atoms with van der Waals surface area (Å²) >= 11 is 1.97. The van der Waals surface area contributed by atoms with Crippen molar-refractivity contribution in [3.63, 3.8) is 0 Å². The molecule has 0 saturated heterocycles. The molecule has 4 saturated carbocycles. The van der Waals surface area contributed by atoms with E-state index in [1.54, 1.807) is 0 Å². The highest BCUT2D eigenvalue weighted by molar-refractivity contribution is 7.99. The van der Waals surface area contributed by atoms with Gasteiger partial charge in [-0.15, -0.1) is 0 Å². The molecule has 4 rings (SSSR count). The SMILES string of the molecule is COC(=O)CC(C)SCCC12CC3CC(CC(C3)C1)C2. The highest BCUT2D eigenvalue weighted by Gasteiger charge is 2.50. The number of hydrogen-bond acceptors (Lipinski definition) is 3. The van der Waals surface area contributed by atoms with Crippen molar-refractivity contribution in [1.29, 1.82) is 0 Å². The van der Waals surface area contributed by atoms with Crippen molar-refractivity contribution in [1.82, 2.24) is 0 Å². The Morgan fingerprint density at radius 2 is 1.75 bits per heavy atom. The molecule has 0 amide bonds. The Kier molecular flexibility index (Phi) is 4.35. The molecule has 4 aliphatic rings. The van der Waals surface area contributed by atoms with E-state index in [1.165, 1.54) is 57.8 Å². The predicted molar refractivity (Wildman–Crippen MR) is 83.8 cm³/mol. The molecule has 1 atom stereocenters. The van der Waals surface area contributed by atoms with E-state index >= 15 is 0 Å². The largest absolute Gasteiger partial charge is 0.469 e. The zero-order valence-corrected chi connectivity index (χ0v) is 13.7. The number of methoxy groups -OCH3 is 1. The molecule has 0 aromatic carbocycles. The molecule has 1 unspecified atom stereocenters. The maximum Gasteiger partial charge on any atom is 0.306 e. The van der Waals surface area contributed by atoms with E-state index in [0.29, 0.717) is 17.1 Å². The third-order valence-corrected chi connectivity index (χ3v) is 7.06. The molecule has 114 valence electrons. The van der Waals surface area contributed by atoms with Crippen LogP contribution in [-0.2, 0) is 9.53 Å². The maximum absolute atomic E-state index is 11.3. The third-order valence-electron chi connectivity index (χ3n) is 5.88. The molecule has 0 aromatic heterocycles. The van der Waals surface area contributed by atoms with E-state index in [4.69, 9.17) is 4.74 Å². The van der Waals surface area contributed by atoms with Gasteiger partial charge in [0, 0.05) is 5.25 Å². The predicted octanol–water partition coefficient (Wildman–Crippen LogP) is 4.28. The van der Waals surface area contributed by atoms with Crippen molar-refractivity contribution in [3.8, 4) is 0 Å². The van der Waals surface area contributed by atoms with Crippen LogP contribution in [0.4, 0.5) is 0 Å². The average molecular weight is 296 g/mol. The fourth-order valence-electron chi connectivity index (χ4n) is 5.45. The van der Waals surface area contributed by atoms with Crippen molar-refractivity contribution < 1.29 is 9.53 Å². The van der Waals surface area contributed by atoms with Gasteiger partial charge in [-0.3, -0.25) is 4.79 Å². The lowest BCUT2D eigenvalue weighted by Gasteiger charge is -2.57.